The summed E-state index contributed by atoms with van der Waals surface area (Å²) in [6, 6.07) is 0. The van der Waals surface area contributed by atoms with Crippen molar-refractivity contribution in [3.05, 3.63) is 0 Å². The Morgan fingerprint density at radius 1 is 1.25 bits per heavy atom. The summed E-state index contributed by atoms with van der Waals surface area (Å²) in [5.74, 6) is 0.799. The lowest BCUT2D eigenvalue weighted by Crippen LogP contribution is -2.23. The first kappa shape index (κ1) is 11.9. The third kappa shape index (κ3) is 8.02. The van der Waals surface area contributed by atoms with Crippen LogP contribution in [-0.2, 0) is 4.74 Å². The highest BCUT2D eigenvalue weighted by molar-refractivity contribution is 4.52. The lowest BCUT2D eigenvalue weighted by molar-refractivity contribution is 0.0631. The highest BCUT2D eigenvalue weighted by atomic mass is 16.5. The molecule has 0 bridgehead atoms. The molecule has 0 aromatic heterocycles. The summed E-state index contributed by atoms with van der Waals surface area (Å²) in [6.45, 7) is 8.45. The average molecular weight is 173 g/mol. The van der Waals surface area contributed by atoms with E-state index < -0.39 is 0 Å². The van der Waals surface area contributed by atoms with Crippen LogP contribution in [0.25, 0.3) is 0 Å². The monoisotopic (exact) mass is 173 g/mol. The van der Waals surface area contributed by atoms with Crippen LogP contribution in [0.4, 0.5) is 0 Å². The van der Waals surface area contributed by atoms with Gasteiger partial charge in [0, 0.05) is 13.2 Å². The molecule has 0 saturated carbocycles. The minimum absolute atomic E-state index is 0.349. The Labute approximate surface area is 76.7 Å². The molecule has 0 amide bonds. The van der Waals surface area contributed by atoms with Crippen molar-refractivity contribution in [1.82, 2.24) is 5.32 Å². The van der Waals surface area contributed by atoms with Gasteiger partial charge in [-0.05, 0) is 32.7 Å². The van der Waals surface area contributed by atoms with Gasteiger partial charge < -0.3 is 10.1 Å². The van der Waals surface area contributed by atoms with Gasteiger partial charge in [0.15, 0.2) is 0 Å². The summed E-state index contributed by atoms with van der Waals surface area (Å²) in [4.78, 5) is 0. The van der Waals surface area contributed by atoms with Crippen molar-refractivity contribution in [2.24, 2.45) is 5.92 Å². The Morgan fingerprint density at radius 3 is 2.42 bits per heavy atom. The average Bonchev–Trinajstić information content (AvgIpc) is 1.98. The van der Waals surface area contributed by atoms with E-state index in [2.05, 4.69) is 26.1 Å². The summed E-state index contributed by atoms with van der Waals surface area (Å²) in [7, 11) is 1.95. The molecule has 12 heavy (non-hydrogen) atoms. The Bertz CT molecular complexity index is 93.8. The van der Waals surface area contributed by atoms with Crippen LogP contribution in [-0.4, -0.2) is 26.3 Å². The fraction of sp³-hybridized carbons (Fsp3) is 1.00. The molecule has 0 spiro atoms. The maximum atomic E-state index is 5.57. The third-order valence-corrected chi connectivity index (χ3v) is 1.82. The summed E-state index contributed by atoms with van der Waals surface area (Å²) < 4.78 is 5.57. The van der Waals surface area contributed by atoms with Crippen LogP contribution in [0, 0.1) is 5.92 Å². The highest BCUT2D eigenvalue weighted by Crippen LogP contribution is 2.03. The summed E-state index contributed by atoms with van der Waals surface area (Å²) >= 11 is 0. The van der Waals surface area contributed by atoms with Gasteiger partial charge in [0.25, 0.3) is 0 Å². The zero-order chi connectivity index (χ0) is 9.40. The van der Waals surface area contributed by atoms with Gasteiger partial charge in [-0.1, -0.05) is 13.8 Å². The second-order valence-electron chi connectivity index (χ2n) is 3.78. The van der Waals surface area contributed by atoms with E-state index in [4.69, 9.17) is 4.74 Å². The van der Waals surface area contributed by atoms with Gasteiger partial charge in [-0.15, -0.1) is 0 Å². The highest BCUT2D eigenvalue weighted by Gasteiger charge is 1.99. The molecule has 1 atom stereocenters. The van der Waals surface area contributed by atoms with Gasteiger partial charge >= 0.3 is 0 Å². The number of rotatable bonds is 7. The molecule has 0 radical (unpaired) electrons. The van der Waals surface area contributed by atoms with Crippen molar-refractivity contribution >= 4 is 0 Å². The molecular weight excluding hydrogens is 150 g/mol. The molecule has 0 aliphatic heterocycles. The van der Waals surface area contributed by atoms with Crippen LogP contribution in [0.5, 0.6) is 0 Å². The van der Waals surface area contributed by atoms with Crippen molar-refractivity contribution in [1.29, 1.82) is 0 Å². The van der Waals surface area contributed by atoms with Crippen molar-refractivity contribution < 1.29 is 4.74 Å². The summed E-state index contributed by atoms with van der Waals surface area (Å²) in [5.41, 5.74) is 0. The van der Waals surface area contributed by atoms with Crippen molar-refractivity contribution in [2.75, 3.05) is 20.2 Å². The molecule has 0 heterocycles. The normalized spacial score (nSPS) is 13.8. The van der Waals surface area contributed by atoms with Crippen molar-refractivity contribution in [2.45, 2.75) is 39.7 Å². The number of nitrogens with one attached hydrogen (secondary N) is 1. The Balaban J connectivity index is 3.08. The molecule has 0 aromatic rings. The molecule has 2 nitrogen and oxygen atoms in total. The molecule has 1 unspecified atom stereocenters. The third-order valence-electron chi connectivity index (χ3n) is 1.82. The minimum Gasteiger partial charge on any atom is -0.377 e. The van der Waals surface area contributed by atoms with Gasteiger partial charge in [-0.2, -0.15) is 0 Å². The number of likely N-dealkylation sites (N-methyl/N-ethyl adjacent to an activating group) is 1. The molecular formula is C10H23NO. The molecule has 2 heteroatoms. The van der Waals surface area contributed by atoms with Crippen molar-refractivity contribution in [3.63, 3.8) is 0 Å². The van der Waals surface area contributed by atoms with E-state index >= 15 is 0 Å². The number of hydrogen-bond donors (Lipinski definition) is 1. The fourth-order valence-electron chi connectivity index (χ4n) is 1.12. The standard InChI is InChI=1S/C10H23NO/c1-9(2)6-5-7-12-10(3)8-11-4/h9-11H,5-8H2,1-4H3. The number of ether oxygens (including phenoxy) is 1. The van der Waals surface area contributed by atoms with E-state index in [-0.39, 0.29) is 0 Å². The Kier molecular flexibility index (Phi) is 7.51. The van der Waals surface area contributed by atoms with Gasteiger partial charge in [-0.25, -0.2) is 0 Å². The van der Waals surface area contributed by atoms with Crippen LogP contribution in [0.1, 0.15) is 33.6 Å². The second kappa shape index (κ2) is 7.56. The first-order chi connectivity index (χ1) is 5.66. The molecule has 74 valence electrons. The molecule has 0 rings (SSSR count). The Morgan fingerprint density at radius 2 is 1.92 bits per heavy atom. The van der Waals surface area contributed by atoms with E-state index in [0.29, 0.717) is 6.10 Å². The molecule has 0 fully saturated rings. The molecule has 0 aromatic carbocycles. The maximum absolute atomic E-state index is 5.57. The lowest BCUT2D eigenvalue weighted by atomic mass is 10.1. The van der Waals surface area contributed by atoms with Crippen LogP contribution in [0.2, 0.25) is 0 Å². The predicted molar refractivity (Wildman–Crippen MR) is 53.4 cm³/mol. The van der Waals surface area contributed by atoms with E-state index in [1.165, 1.54) is 12.8 Å². The zero-order valence-electron chi connectivity index (χ0n) is 8.89. The zero-order valence-corrected chi connectivity index (χ0v) is 8.89. The van der Waals surface area contributed by atoms with Crippen LogP contribution >= 0.6 is 0 Å². The molecule has 1 N–H and O–H groups in total. The maximum Gasteiger partial charge on any atom is 0.0671 e. The molecule has 0 aliphatic carbocycles. The molecule has 0 saturated heterocycles. The first-order valence-corrected chi connectivity index (χ1v) is 4.93. The largest absolute Gasteiger partial charge is 0.377 e. The van der Waals surface area contributed by atoms with Crippen LogP contribution < -0.4 is 5.32 Å². The molecule has 0 aliphatic rings. The van der Waals surface area contributed by atoms with Gasteiger partial charge in [-0.3, -0.25) is 0 Å². The van der Waals surface area contributed by atoms with E-state index in [0.717, 1.165) is 19.1 Å². The Hall–Kier alpha value is -0.0800. The fourth-order valence-corrected chi connectivity index (χ4v) is 1.12. The summed E-state index contributed by atoms with van der Waals surface area (Å²) in [6.07, 6.45) is 2.81. The van der Waals surface area contributed by atoms with E-state index in [9.17, 15) is 0 Å². The summed E-state index contributed by atoms with van der Waals surface area (Å²) in [5, 5.41) is 3.09. The lowest BCUT2D eigenvalue weighted by Gasteiger charge is -2.12. The van der Waals surface area contributed by atoms with Crippen LogP contribution in [0.15, 0.2) is 0 Å². The second-order valence-corrected chi connectivity index (χ2v) is 3.78. The van der Waals surface area contributed by atoms with E-state index in [1.54, 1.807) is 0 Å². The van der Waals surface area contributed by atoms with Gasteiger partial charge in [0.1, 0.15) is 0 Å². The quantitative estimate of drug-likeness (QED) is 0.595. The van der Waals surface area contributed by atoms with Gasteiger partial charge in [0.05, 0.1) is 6.10 Å². The topological polar surface area (TPSA) is 21.3 Å². The SMILES string of the molecule is CNCC(C)OCCCC(C)C. The van der Waals surface area contributed by atoms with Gasteiger partial charge in [0.2, 0.25) is 0 Å². The predicted octanol–water partition coefficient (Wildman–Crippen LogP) is 2.05. The minimum atomic E-state index is 0.349. The number of hydrogen-bond acceptors (Lipinski definition) is 2. The smallest absolute Gasteiger partial charge is 0.0671 e. The van der Waals surface area contributed by atoms with Crippen molar-refractivity contribution in [3.8, 4) is 0 Å². The van der Waals surface area contributed by atoms with Crippen LogP contribution in [0.3, 0.4) is 0 Å². The first-order valence-electron chi connectivity index (χ1n) is 4.93. The van der Waals surface area contributed by atoms with E-state index in [1.807, 2.05) is 7.05 Å².